The Morgan fingerprint density at radius 1 is 0.605 bits per heavy atom. The first-order valence-corrected chi connectivity index (χ1v) is 15.2. The Morgan fingerprint density at radius 2 is 1.00 bits per heavy atom. The van der Waals surface area contributed by atoms with Crippen molar-refractivity contribution in [2.45, 2.75) is 120 Å². The highest BCUT2D eigenvalue weighted by Gasteiger charge is 2.42. The fourth-order valence-electron chi connectivity index (χ4n) is 5.49. The van der Waals surface area contributed by atoms with Crippen LogP contribution in [0.5, 0.6) is 0 Å². The van der Waals surface area contributed by atoms with Gasteiger partial charge in [0.1, 0.15) is 12.2 Å². The number of fused-ring (bicyclic) bond motifs is 1. The summed E-state index contributed by atoms with van der Waals surface area (Å²) < 4.78 is 16.0. The lowest BCUT2D eigenvalue weighted by Gasteiger charge is -2.32. The molecule has 4 fully saturated rings. The summed E-state index contributed by atoms with van der Waals surface area (Å²) in [7, 11) is 0. The molecule has 0 aromatic heterocycles. The van der Waals surface area contributed by atoms with Gasteiger partial charge in [0, 0.05) is 0 Å². The van der Waals surface area contributed by atoms with Crippen LogP contribution in [0.1, 0.15) is 83.5 Å². The first kappa shape index (κ1) is 36.2. The monoisotopic (exact) mass is 608 g/mol. The lowest BCUT2D eigenvalue weighted by atomic mass is 9.85. The largest absolute Gasteiger partial charge is 0.481 e. The second-order valence-electron chi connectivity index (χ2n) is 11.6. The molecule has 11 heteroatoms. The van der Waals surface area contributed by atoms with Crippen molar-refractivity contribution in [2.75, 3.05) is 0 Å². The maximum absolute atomic E-state index is 12.0. The van der Waals surface area contributed by atoms with Crippen LogP contribution in [0.3, 0.4) is 0 Å². The summed E-state index contributed by atoms with van der Waals surface area (Å²) in [6.07, 6.45) is 11.4. The first-order valence-electron chi connectivity index (χ1n) is 15.2. The SMILES string of the molecule is C=CC1CCC(O)C(OC(=O)CCC(=O)OC2CC(C=C)CCC2O)C1.C=CC1CCC2OC2C1.O=C(O)CCC(=O)O. The molecular formula is C32H48O11. The summed E-state index contributed by atoms with van der Waals surface area (Å²) in [5, 5.41) is 35.7. The van der Waals surface area contributed by atoms with E-state index < -0.39 is 48.3 Å². The number of hydrogen-bond donors (Lipinski definition) is 4. The molecule has 3 aliphatic carbocycles. The first-order chi connectivity index (χ1) is 20.4. The van der Waals surface area contributed by atoms with Gasteiger partial charge in [-0.3, -0.25) is 19.2 Å². The number of aliphatic carboxylic acids is 2. The Labute approximate surface area is 253 Å². The molecule has 4 rings (SSSR count). The zero-order valence-corrected chi connectivity index (χ0v) is 24.9. The summed E-state index contributed by atoms with van der Waals surface area (Å²) in [5.41, 5.74) is 0. The number of epoxide rings is 1. The number of rotatable bonds is 11. The van der Waals surface area contributed by atoms with E-state index in [-0.39, 0.29) is 37.5 Å². The Bertz CT molecular complexity index is 903. The summed E-state index contributed by atoms with van der Waals surface area (Å²) in [6.45, 7) is 11.3. The van der Waals surface area contributed by atoms with Crippen molar-refractivity contribution in [3.8, 4) is 0 Å². The van der Waals surface area contributed by atoms with Crippen LogP contribution in [0.15, 0.2) is 38.0 Å². The van der Waals surface area contributed by atoms with Crippen LogP contribution in [0.4, 0.5) is 0 Å². The van der Waals surface area contributed by atoms with Crippen LogP contribution in [-0.4, -0.2) is 80.9 Å². The number of carboxylic acid groups (broad SMARTS) is 2. The van der Waals surface area contributed by atoms with Gasteiger partial charge in [0.15, 0.2) is 0 Å². The highest BCUT2D eigenvalue weighted by molar-refractivity contribution is 5.78. The smallest absolute Gasteiger partial charge is 0.306 e. The molecule has 9 atom stereocenters. The third kappa shape index (κ3) is 13.9. The fraction of sp³-hybridized carbons (Fsp3) is 0.688. The molecule has 1 saturated heterocycles. The molecule has 0 radical (unpaired) electrons. The quantitative estimate of drug-likeness (QED) is 0.151. The van der Waals surface area contributed by atoms with E-state index in [0.717, 1.165) is 18.8 Å². The van der Waals surface area contributed by atoms with Gasteiger partial charge in [-0.2, -0.15) is 0 Å². The molecule has 242 valence electrons. The van der Waals surface area contributed by atoms with Gasteiger partial charge in [0.05, 0.1) is 50.1 Å². The van der Waals surface area contributed by atoms with Crippen LogP contribution in [-0.2, 0) is 33.4 Å². The Morgan fingerprint density at radius 3 is 1.37 bits per heavy atom. The third-order valence-corrected chi connectivity index (χ3v) is 8.29. The standard InChI is InChI=1S/C20H30O6.C8H12O.C4H6O4/c1-3-13-5-7-15(21)17(11-13)25-19(23)9-10-20(24)26-18-12-14(4-2)6-8-16(18)22;1-2-6-3-4-7-8(5-6)9-7;5-3(6)1-2-4(7)8/h3-4,13-18,21-22H,1-2,5-12H2;2,6-8H,1,3-5H2;1-2H2,(H,5,6)(H,7,8). The number of aliphatic hydroxyl groups excluding tert-OH is 2. The number of allylic oxidation sites excluding steroid dienone is 3. The number of carboxylic acids is 2. The lowest BCUT2D eigenvalue weighted by Crippen LogP contribution is -2.38. The Balaban J connectivity index is 0.000000305. The van der Waals surface area contributed by atoms with Crippen LogP contribution in [0.25, 0.3) is 0 Å². The molecule has 4 aliphatic rings. The topological polar surface area (TPSA) is 180 Å². The molecule has 0 spiro atoms. The Hall–Kier alpha value is -3.02. The molecule has 0 bridgehead atoms. The van der Waals surface area contributed by atoms with E-state index in [4.69, 9.17) is 24.4 Å². The minimum atomic E-state index is -1.08. The van der Waals surface area contributed by atoms with Crippen LogP contribution in [0, 0.1) is 17.8 Å². The second-order valence-corrected chi connectivity index (χ2v) is 11.6. The lowest BCUT2D eigenvalue weighted by molar-refractivity contribution is -0.165. The minimum Gasteiger partial charge on any atom is -0.481 e. The molecule has 11 nitrogen and oxygen atoms in total. The molecular weight excluding hydrogens is 560 g/mol. The van der Waals surface area contributed by atoms with Crippen molar-refractivity contribution in [1.82, 2.24) is 0 Å². The molecule has 1 aliphatic heterocycles. The van der Waals surface area contributed by atoms with Gasteiger partial charge >= 0.3 is 23.9 Å². The van der Waals surface area contributed by atoms with Crippen LogP contribution < -0.4 is 0 Å². The van der Waals surface area contributed by atoms with Gasteiger partial charge in [-0.1, -0.05) is 18.2 Å². The van der Waals surface area contributed by atoms with Crippen molar-refractivity contribution in [3.05, 3.63) is 38.0 Å². The average molecular weight is 609 g/mol. The van der Waals surface area contributed by atoms with Gasteiger partial charge < -0.3 is 34.6 Å². The molecule has 4 N–H and O–H groups in total. The fourth-order valence-corrected chi connectivity index (χ4v) is 5.49. The van der Waals surface area contributed by atoms with Crippen molar-refractivity contribution in [2.24, 2.45) is 17.8 Å². The predicted octanol–water partition coefficient (Wildman–Crippen LogP) is 3.96. The van der Waals surface area contributed by atoms with E-state index in [2.05, 4.69) is 25.8 Å². The molecule has 3 saturated carbocycles. The normalized spacial score (nSPS) is 32.5. The van der Waals surface area contributed by atoms with Crippen molar-refractivity contribution in [3.63, 3.8) is 0 Å². The maximum Gasteiger partial charge on any atom is 0.306 e. The number of ether oxygens (including phenoxy) is 3. The minimum absolute atomic E-state index is 0.103. The molecule has 1 heterocycles. The molecule has 9 unspecified atom stereocenters. The van der Waals surface area contributed by atoms with E-state index >= 15 is 0 Å². The maximum atomic E-state index is 12.0. The Kier molecular flexibility index (Phi) is 15.6. The predicted molar refractivity (Wildman–Crippen MR) is 157 cm³/mol. The highest BCUT2D eigenvalue weighted by Crippen LogP contribution is 2.39. The van der Waals surface area contributed by atoms with E-state index in [1.54, 1.807) is 0 Å². The van der Waals surface area contributed by atoms with Crippen molar-refractivity contribution < 1.29 is 53.8 Å². The summed E-state index contributed by atoms with van der Waals surface area (Å²) in [5.74, 6) is -2.00. The van der Waals surface area contributed by atoms with E-state index in [0.29, 0.717) is 37.9 Å². The van der Waals surface area contributed by atoms with Gasteiger partial charge in [-0.25, -0.2) is 0 Å². The van der Waals surface area contributed by atoms with Gasteiger partial charge in [0.25, 0.3) is 0 Å². The zero-order valence-electron chi connectivity index (χ0n) is 24.9. The van der Waals surface area contributed by atoms with Gasteiger partial charge in [0.2, 0.25) is 0 Å². The van der Waals surface area contributed by atoms with Crippen LogP contribution in [0.2, 0.25) is 0 Å². The van der Waals surface area contributed by atoms with Gasteiger partial charge in [-0.05, 0) is 75.5 Å². The highest BCUT2D eigenvalue weighted by atomic mass is 16.6. The molecule has 0 amide bonds. The summed E-state index contributed by atoms with van der Waals surface area (Å²) in [4.78, 5) is 43.2. The summed E-state index contributed by atoms with van der Waals surface area (Å²) >= 11 is 0. The average Bonchev–Trinajstić information content (AvgIpc) is 3.77. The number of esters is 2. The summed E-state index contributed by atoms with van der Waals surface area (Å²) in [6, 6.07) is 0. The second kappa shape index (κ2) is 18.6. The van der Waals surface area contributed by atoms with E-state index in [1.807, 2.05) is 12.2 Å². The number of aliphatic hydroxyl groups is 2. The number of carbonyl (C=O) groups excluding carboxylic acids is 2. The molecule has 0 aromatic rings. The van der Waals surface area contributed by atoms with Gasteiger partial charge in [-0.15, -0.1) is 19.7 Å². The van der Waals surface area contributed by atoms with Crippen molar-refractivity contribution in [1.29, 1.82) is 0 Å². The molecule has 0 aromatic carbocycles. The molecule has 43 heavy (non-hydrogen) atoms. The van der Waals surface area contributed by atoms with Crippen LogP contribution >= 0.6 is 0 Å². The third-order valence-electron chi connectivity index (χ3n) is 8.29. The van der Waals surface area contributed by atoms with Crippen molar-refractivity contribution >= 4 is 23.9 Å². The number of carbonyl (C=O) groups is 4. The van der Waals surface area contributed by atoms with E-state index in [1.165, 1.54) is 19.3 Å². The van der Waals surface area contributed by atoms with E-state index in [9.17, 15) is 29.4 Å². The number of hydrogen-bond acceptors (Lipinski definition) is 9. The zero-order chi connectivity index (χ0) is 31.9.